The maximum atomic E-state index is 12.0. The van der Waals surface area contributed by atoms with Crippen LogP contribution in [0, 0.1) is 0 Å². The Morgan fingerprint density at radius 3 is 2.45 bits per heavy atom. The fraction of sp³-hybridized carbons (Fsp3) is 0.429. The van der Waals surface area contributed by atoms with E-state index in [0.29, 0.717) is 5.56 Å². The van der Waals surface area contributed by atoms with Crippen LogP contribution in [0.2, 0.25) is 0 Å². The van der Waals surface area contributed by atoms with Gasteiger partial charge in [0.05, 0.1) is 12.0 Å². The molecule has 0 radical (unpaired) electrons. The molecule has 0 bridgehead atoms. The van der Waals surface area contributed by atoms with Crippen LogP contribution in [0.1, 0.15) is 25.0 Å². The standard InChI is InChI=1S/C14H19NO5/c1-14(19,8-11(16)17)9-15-13(18)12(20-2)10-6-4-3-5-7-10/h3-7,12,19H,8-9H2,1-2H3,(H,15,18)(H,16,17). The van der Waals surface area contributed by atoms with Crippen LogP contribution in [0.25, 0.3) is 0 Å². The number of ether oxygens (including phenoxy) is 1. The van der Waals surface area contributed by atoms with E-state index in [1.165, 1.54) is 14.0 Å². The van der Waals surface area contributed by atoms with Crippen molar-refractivity contribution in [1.29, 1.82) is 0 Å². The van der Waals surface area contributed by atoms with Crippen LogP contribution >= 0.6 is 0 Å². The molecule has 0 spiro atoms. The van der Waals surface area contributed by atoms with Gasteiger partial charge in [-0.3, -0.25) is 9.59 Å². The van der Waals surface area contributed by atoms with Crippen LogP contribution in [0.15, 0.2) is 30.3 Å². The first-order valence-electron chi connectivity index (χ1n) is 6.15. The fourth-order valence-electron chi connectivity index (χ4n) is 1.78. The van der Waals surface area contributed by atoms with Crippen LogP contribution in [0.3, 0.4) is 0 Å². The van der Waals surface area contributed by atoms with E-state index in [0.717, 1.165) is 0 Å². The molecule has 2 unspecified atom stereocenters. The van der Waals surface area contributed by atoms with Crippen molar-refractivity contribution in [2.45, 2.75) is 25.0 Å². The van der Waals surface area contributed by atoms with Gasteiger partial charge in [0.2, 0.25) is 0 Å². The molecule has 3 N–H and O–H groups in total. The summed E-state index contributed by atoms with van der Waals surface area (Å²) in [5.41, 5.74) is -0.818. The molecule has 20 heavy (non-hydrogen) atoms. The first kappa shape index (κ1) is 16.1. The summed E-state index contributed by atoms with van der Waals surface area (Å²) in [7, 11) is 1.41. The second kappa shape index (κ2) is 7.02. The van der Waals surface area contributed by atoms with Gasteiger partial charge in [-0.1, -0.05) is 30.3 Å². The third kappa shape index (κ3) is 4.99. The Labute approximate surface area is 117 Å². The molecule has 1 aromatic rings. The van der Waals surface area contributed by atoms with E-state index in [1.807, 2.05) is 6.07 Å². The zero-order valence-corrected chi connectivity index (χ0v) is 11.5. The van der Waals surface area contributed by atoms with E-state index in [2.05, 4.69) is 5.32 Å². The zero-order valence-electron chi connectivity index (χ0n) is 11.5. The third-order valence-corrected chi connectivity index (χ3v) is 2.75. The highest BCUT2D eigenvalue weighted by Gasteiger charge is 2.27. The number of nitrogens with one attached hydrogen (secondary N) is 1. The predicted molar refractivity (Wildman–Crippen MR) is 72.1 cm³/mol. The molecule has 1 amide bonds. The first-order valence-corrected chi connectivity index (χ1v) is 6.15. The van der Waals surface area contributed by atoms with Crippen molar-refractivity contribution in [3.63, 3.8) is 0 Å². The average molecular weight is 281 g/mol. The Morgan fingerprint density at radius 1 is 1.35 bits per heavy atom. The van der Waals surface area contributed by atoms with Gasteiger partial charge in [0, 0.05) is 13.7 Å². The summed E-state index contributed by atoms with van der Waals surface area (Å²) in [6, 6.07) is 8.91. The summed E-state index contributed by atoms with van der Waals surface area (Å²) in [6.07, 6.45) is -1.24. The summed E-state index contributed by atoms with van der Waals surface area (Å²) < 4.78 is 5.13. The van der Waals surface area contributed by atoms with E-state index in [-0.39, 0.29) is 6.54 Å². The van der Waals surface area contributed by atoms with Gasteiger partial charge in [-0.15, -0.1) is 0 Å². The summed E-state index contributed by atoms with van der Waals surface area (Å²) >= 11 is 0. The topological polar surface area (TPSA) is 95.9 Å². The van der Waals surface area contributed by atoms with Crippen molar-refractivity contribution in [3.8, 4) is 0 Å². The lowest BCUT2D eigenvalue weighted by Gasteiger charge is -2.23. The molecule has 0 saturated carbocycles. The molecule has 1 rings (SSSR count). The smallest absolute Gasteiger partial charge is 0.306 e. The molecule has 6 heteroatoms. The van der Waals surface area contributed by atoms with E-state index in [9.17, 15) is 14.7 Å². The van der Waals surface area contributed by atoms with Gasteiger partial charge in [-0.25, -0.2) is 0 Å². The average Bonchev–Trinajstić information content (AvgIpc) is 2.37. The van der Waals surface area contributed by atoms with Crippen LogP contribution in [0.5, 0.6) is 0 Å². The van der Waals surface area contributed by atoms with Crippen molar-refractivity contribution in [2.24, 2.45) is 0 Å². The molecule has 0 fully saturated rings. The second-order valence-electron chi connectivity index (χ2n) is 4.81. The van der Waals surface area contributed by atoms with Crippen molar-refractivity contribution in [1.82, 2.24) is 5.32 Å². The number of carboxylic acid groups (broad SMARTS) is 1. The highest BCUT2D eigenvalue weighted by molar-refractivity contribution is 5.82. The number of hydrogen-bond acceptors (Lipinski definition) is 4. The van der Waals surface area contributed by atoms with E-state index >= 15 is 0 Å². The highest BCUT2D eigenvalue weighted by Crippen LogP contribution is 2.16. The van der Waals surface area contributed by atoms with Gasteiger partial charge in [0.25, 0.3) is 5.91 Å². The maximum absolute atomic E-state index is 12.0. The van der Waals surface area contributed by atoms with Crippen LogP contribution in [-0.2, 0) is 14.3 Å². The van der Waals surface area contributed by atoms with Crippen LogP contribution < -0.4 is 5.32 Å². The molecule has 6 nitrogen and oxygen atoms in total. The molecule has 2 atom stereocenters. The molecule has 0 aliphatic carbocycles. The number of methoxy groups -OCH3 is 1. The molecule has 0 heterocycles. The zero-order chi connectivity index (χ0) is 15.2. The normalized spacial score (nSPS) is 15.2. The lowest BCUT2D eigenvalue weighted by atomic mass is 10.0. The van der Waals surface area contributed by atoms with Gasteiger partial charge in [0.1, 0.15) is 0 Å². The van der Waals surface area contributed by atoms with Crippen molar-refractivity contribution < 1.29 is 24.5 Å². The Hall–Kier alpha value is -1.92. The highest BCUT2D eigenvalue weighted by atomic mass is 16.5. The SMILES string of the molecule is COC(C(=O)NCC(C)(O)CC(=O)O)c1ccccc1. The quantitative estimate of drug-likeness (QED) is 0.684. The molecule has 110 valence electrons. The number of rotatable bonds is 7. The minimum Gasteiger partial charge on any atom is -0.481 e. The summed E-state index contributed by atoms with van der Waals surface area (Å²) in [4.78, 5) is 22.6. The van der Waals surface area contributed by atoms with Crippen molar-refractivity contribution in [3.05, 3.63) is 35.9 Å². The lowest BCUT2D eigenvalue weighted by Crippen LogP contribution is -2.43. The summed E-state index contributed by atoms with van der Waals surface area (Å²) in [5.74, 6) is -1.56. The predicted octanol–water partition coefficient (Wildman–Crippen LogP) is 0.716. The Kier molecular flexibility index (Phi) is 5.66. The van der Waals surface area contributed by atoms with Gasteiger partial charge >= 0.3 is 5.97 Å². The minimum absolute atomic E-state index is 0.162. The Bertz CT molecular complexity index is 458. The molecule has 0 aliphatic heterocycles. The minimum atomic E-state index is -1.50. The number of carboxylic acids is 1. The molecule has 0 aliphatic rings. The number of aliphatic carboxylic acids is 1. The van der Waals surface area contributed by atoms with Gasteiger partial charge in [-0.05, 0) is 12.5 Å². The van der Waals surface area contributed by atoms with E-state index in [4.69, 9.17) is 9.84 Å². The number of benzene rings is 1. The van der Waals surface area contributed by atoms with Crippen molar-refractivity contribution >= 4 is 11.9 Å². The molecular weight excluding hydrogens is 262 g/mol. The van der Waals surface area contributed by atoms with Gasteiger partial charge in [-0.2, -0.15) is 0 Å². The van der Waals surface area contributed by atoms with Crippen LogP contribution in [0.4, 0.5) is 0 Å². The molecular formula is C14H19NO5. The third-order valence-electron chi connectivity index (χ3n) is 2.75. The number of aliphatic hydroxyl groups is 1. The number of carbonyl (C=O) groups excluding carboxylic acids is 1. The van der Waals surface area contributed by atoms with Gasteiger partial charge < -0.3 is 20.3 Å². The summed E-state index contributed by atoms with van der Waals surface area (Å²) in [6.45, 7) is 1.19. The first-order chi connectivity index (χ1) is 9.35. The number of carbonyl (C=O) groups is 2. The molecule has 1 aromatic carbocycles. The van der Waals surface area contributed by atoms with Crippen LogP contribution in [-0.4, -0.2) is 41.3 Å². The Balaban J connectivity index is 2.63. The largest absolute Gasteiger partial charge is 0.481 e. The number of amides is 1. The van der Waals surface area contributed by atoms with E-state index < -0.39 is 30.0 Å². The van der Waals surface area contributed by atoms with E-state index in [1.54, 1.807) is 24.3 Å². The van der Waals surface area contributed by atoms with Crippen molar-refractivity contribution in [2.75, 3.05) is 13.7 Å². The molecule has 0 aromatic heterocycles. The fourth-order valence-corrected chi connectivity index (χ4v) is 1.78. The maximum Gasteiger partial charge on any atom is 0.306 e. The molecule has 0 saturated heterocycles. The lowest BCUT2D eigenvalue weighted by molar-refractivity contribution is -0.143. The van der Waals surface area contributed by atoms with Gasteiger partial charge in [0.15, 0.2) is 6.10 Å². The Morgan fingerprint density at radius 2 is 1.95 bits per heavy atom. The monoisotopic (exact) mass is 281 g/mol. The second-order valence-corrected chi connectivity index (χ2v) is 4.81. The summed E-state index contributed by atoms with van der Waals surface area (Å²) in [5, 5.41) is 21.0. The number of hydrogen-bond donors (Lipinski definition) is 3.